The normalized spacial score (nSPS) is 30.0. The van der Waals surface area contributed by atoms with Crippen LogP contribution in [0.4, 0.5) is 0 Å². The standard InChI is InChI=1S/C57H100N7O28PS/c1-30(2)93(82,94)92-36-9-6-34(7-10-36)38(71)26-35(53(80)59-15-18-84-21-24-87-56-45(62-32(4)69)51(78)48(75)40(28-66)90-56)8-12-43(73)64-37(54(81)60-16-19-85-22-25-88-57-46(63-33(5)70)52(79)49(76)41(29-67)91-57)11-13-42(72)58-14-17-83-20-23-86-55-44(61-31(3)68)50(77)47(74)39(27-65)89-55/h30,34-37,39-41,44-52,55-57,65-67,74-79H,6-29H2,1-5H3,(H,58,72)(H,59,80)(H,60,81)(H,61,68)(H,62,69)(H,63,70)(H,64,73)(H,82,94). The quantitative estimate of drug-likeness (QED) is 0.0199. The van der Waals surface area contributed by atoms with E-state index in [4.69, 9.17) is 59.0 Å². The Balaban J connectivity index is 1.37. The van der Waals surface area contributed by atoms with Gasteiger partial charge in [0.2, 0.25) is 41.4 Å². The summed E-state index contributed by atoms with van der Waals surface area (Å²) < 4.78 is 56.2. The molecule has 94 heavy (non-hydrogen) atoms. The maximum Gasteiger partial charge on any atom is 0.242 e. The number of hydrogen-bond donors (Lipinski definition) is 17. The second-order valence-corrected chi connectivity index (χ2v) is 27.4. The number of Topliss-reactive ketones (excluding diaryl/α,β-unsaturated/α-hetero) is 1. The number of ether oxygens (including phenoxy) is 9. The van der Waals surface area contributed by atoms with Gasteiger partial charge in [0.05, 0.1) is 85.4 Å². The molecule has 0 aromatic carbocycles. The Bertz CT molecular complexity index is 2410. The Hall–Kier alpha value is -4.19. The van der Waals surface area contributed by atoms with Crippen LogP contribution in [-0.2, 0) is 97.3 Å². The molecule has 18 atom stereocenters. The maximum atomic E-state index is 13.9. The van der Waals surface area contributed by atoms with Gasteiger partial charge < -0.3 is 135 Å². The van der Waals surface area contributed by atoms with Gasteiger partial charge in [-0.25, -0.2) is 0 Å². The van der Waals surface area contributed by atoms with Crippen LogP contribution in [0.3, 0.4) is 0 Å². The first-order valence-corrected chi connectivity index (χ1v) is 34.3. The molecule has 3 saturated heterocycles. The molecule has 3 heterocycles. The van der Waals surface area contributed by atoms with Crippen molar-refractivity contribution in [2.24, 2.45) is 11.8 Å². The number of hydrogen-bond acceptors (Lipinski definition) is 28. The molecule has 542 valence electrons. The molecule has 0 aromatic heterocycles. The minimum Gasteiger partial charge on any atom is -0.394 e. The van der Waals surface area contributed by atoms with Crippen molar-refractivity contribution < 1.29 is 136 Å². The van der Waals surface area contributed by atoms with Crippen LogP contribution in [0.1, 0.15) is 92.4 Å². The summed E-state index contributed by atoms with van der Waals surface area (Å²) in [6.45, 7) is 1.02. The first-order valence-electron chi connectivity index (χ1n) is 31.5. The molecule has 1 saturated carbocycles. The number of rotatable bonds is 42. The smallest absolute Gasteiger partial charge is 0.242 e. The summed E-state index contributed by atoms with van der Waals surface area (Å²) in [5.74, 6) is -5.95. The molecule has 18 unspecified atom stereocenters. The lowest BCUT2D eigenvalue weighted by Crippen LogP contribution is -2.64. The molecule has 17 N–H and O–H groups in total. The van der Waals surface area contributed by atoms with Crippen LogP contribution in [-0.4, -0.2) is 307 Å². The maximum absolute atomic E-state index is 13.9. The van der Waals surface area contributed by atoms with Crippen LogP contribution in [0.25, 0.3) is 0 Å². The summed E-state index contributed by atoms with van der Waals surface area (Å²) in [5, 5.41) is 109. The third-order valence-corrected chi connectivity index (χ3v) is 19.3. The summed E-state index contributed by atoms with van der Waals surface area (Å²) >= 11 is 5.33. The van der Waals surface area contributed by atoms with Crippen molar-refractivity contribution >= 4 is 65.4 Å². The summed E-state index contributed by atoms with van der Waals surface area (Å²) in [6.07, 6.45) is -16.6. The largest absolute Gasteiger partial charge is 0.394 e. The molecule has 37 heteroatoms. The number of carbonyl (C=O) groups excluding carboxylic acids is 8. The first kappa shape index (κ1) is 82.2. The number of ketones is 1. The van der Waals surface area contributed by atoms with E-state index in [1.54, 1.807) is 13.8 Å². The van der Waals surface area contributed by atoms with Crippen LogP contribution in [0.5, 0.6) is 0 Å². The van der Waals surface area contributed by atoms with Gasteiger partial charge in [-0.2, -0.15) is 0 Å². The second-order valence-electron chi connectivity index (χ2n) is 23.5. The highest BCUT2D eigenvalue weighted by Gasteiger charge is 2.48. The summed E-state index contributed by atoms with van der Waals surface area (Å²) in [6, 6.07) is -4.86. The zero-order chi connectivity index (χ0) is 69.7. The van der Waals surface area contributed by atoms with E-state index in [-0.39, 0.29) is 129 Å². The lowest BCUT2D eigenvalue weighted by molar-refractivity contribution is -0.272. The fourth-order valence-electron chi connectivity index (χ4n) is 10.6. The van der Waals surface area contributed by atoms with Crippen molar-refractivity contribution in [2.45, 2.75) is 202 Å². The number of carbonyl (C=O) groups is 8. The summed E-state index contributed by atoms with van der Waals surface area (Å²) in [5.41, 5.74) is -0.271. The van der Waals surface area contributed by atoms with E-state index in [2.05, 4.69) is 37.2 Å². The zero-order valence-electron chi connectivity index (χ0n) is 53.7. The molecule has 35 nitrogen and oxygen atoms in total. The van der Waals surface area contributed by atoms with E-state index in [0.717, 1.165) is 0 Å². The number of amides is 7. The Morgan fingerprint density at radius 3 is 1.28 bits per heavy atom. The van der Waals surface area contributed by atoms with Crippen LogP contribution in [0.15, 0.2) is 0 Å². The van der Waals surface area contributed by atoms with Crippen molar-refractivity contribution in [1.29, 1.82) is 0 Å². The molecule has 0 radical (unpaired) electrons. The highest BCUT2D eigenvalue weighted by atomic mass is 32.5. The third-order valence-electron chi connectivity index (χ3n) is 15.9. The summed E-state index contributed by atoms with van der Waals surface area (Å²) in [7, 11) is 0. The molecular weight excluding hydrogens is 1290 g/mol. The lowest BCUT2D eigenvalue weighted by atomic mass is 9.81. The Morgan fingerprint density at radius 2 is 0.894 bits per heavy atom. The average molecular weight is 1390 g/mol. The highest BCUT2D eigenvalue weighted by molar-refractivity contribution is 8.09. The van der Waals surface area contributed by atoms with E-state index < -0.39 is 177 Å². The molecule has 4 aliphatic rings. The molecule has 0 bridgehead atoms. The van der Waals surface area contributed by atoms with E-state index in [1.807, 2.05) is 0 Å². The van der Waals surface area contributed by atoms with Crippen LogP contribution in [0.2, 0.25) is 0 Å². The van der Waals surface area contributed by atoms with Gasteiger partial charge in [0.15, 0.2) is 25.4 Å². The lowest BCUT2D eigenvalue weighted by Gasteiger charge is -2.42. The fourth-order valence-corrected chi connectivity index (χ4v) is 11.8. The topological polar surface area (TPSA) is 515 Å². The predicted octanol–water partition coefficient (Wildman–Crippen LogP) is -6.83. The monoisotopic (exact) mass is 1390 g/mol. The Morgan fingerprint density at radius 1 is 0.511 bits per heavy atom. The first-order chi connectivity index (χ1) is 44.6. The van der Waals surface area contributed by atoms with Gasteiger partial charge in [-0.15, -0.1) is 0 Å². The van der Waals surface area contributed by atoms with Crippen molar-refractivity contribution in [1.82, 2.24) is 37.2 Å². The van der Waals surface area contributed by atoms with Gasteiger partial charge in [0.1, 0.15) is 84.9 Å². The van der Waals surface area contributed by atoms with Gasteiger partial charge in [-0.05, 0) is 50.3 Å². The number of nitrogens with one attached hydrogen (secondary N) is 7. The van der Waals surface area contributed by atoms with Gasteiger partial charge >= 0.3 is 0 Å². The molecule has 0 spiro atoms. The van der Waals surface area contributed by atoms with E-state index in [1.165, 1.54) is 20.8 Å². The minimum atomic E-state index is -3.07. The van der Waals surface area contributed by atoms with Gasteiger partial charge in [-0.3, -0.25) is 38.4 Å². The molecule has 1 aliphatic carbocycles. The zero-order valence-corrected chi connectivity index (χ0v) is 55.4. The molecular formula is C57H100N7O28PS. The Kier molecular flexibility index (Phi) is 37.3. The molecule has 4 fully saturated rings. The average Bonchev–Trinajstić information content (AvgIpc) is 0.828. The molecule has 3 aliphatic heterocycles. The van der Waals surface area contributed by atoms with E-state index in [9.17, 15) is 89.2 Å². The van der Waals surface area contributed by atoms with E-state index >= 15 is 0 Å². The van der Waals surface area contributed by atoms with Crippen LogP contribution < -0.4 is 37.2 Å². The minimum absolute atomic E-state index is 0.0163. The second kappa shape index (κ2) is 42.6. The van der Waals surface area contributed by atoms with Gasteiger partial charge in [0.25, 0.3) is 0 Å². The SMILES string of the molecule is CC(=O)NC1C(OCCOCCNC(=O)CCC(NC(=O)CCC(CC(=O)C2CCC(OP(O)(=S)C(C)C)CC2)C(=O)NCCOCCOC2OC(CO)C(O)C(O)C2NC(C)=O)C(=O)NCCOCCOC2OC(CO)C(O)C(O)C2NC(C)=O)OC(CO)C(O)C1O. The third kappa shape index (κ3) is 27.6. The van der Waals surface area contributed by atoms with E-state index in [0.29, 0.717) is 25.7 Å². The van der Waals surface area contributed by atoms with Gasteiger partial charge in [-0.1, -0.05) is 13.8 Å². The predicted molar refractivity (Wildman–Crippen MR) is 327 cm³/mol. The van der Waals surface area contributed by atoms with Crippen molar-refractivity contribution in [3.63, 3.8) is 0 Å². The molecule has 4 rings (SSSR count). The molecule has 0 aromatic rings. The van der Waals surface area contributed by atoms with Crippen LogP contribution in [0, 0.1) is 11.8 Å². The van der Waals surface area contributed by atoms with Crippen molar-refractivity contribution in [3.8, 4) is 0 Å². The van der Waals surface area contributed by atoms with Gasteiger partial charge in [0, 0.05) is 77.2 Å². The number of aliphatic hydroxyl groups is 9. The van der Waals surface area contributed by atoms with Crippen LogP contribution >= 0.6 is 6.49 Å². The number of aliphatic hydroxyl groups excluding tert-OH is 9. The van der Waals surface area contributed by atoms with Crippen molar-refractivity contribution in [3.05, 3.63) is 0 Å². The van der Waals surface area contributed by atoms with Crippen molar-refractivity contribution in [2.75, 3.05) is 98.9 Å². The molecule has 7 amide bonds. The Labute approximate surface area is 550 Å². The highest BCUT2D eigenvalue weighted by Crippen LogP contribution is 2.50. The fraction of sp³-hybridized carbons (Fsp3) is 0.860. The summed E-state index contributed by atoms with van der Waals surface area (Å²) in [4.78, 5) is 115.